The molecule has 0 bridgehead atoms. The summed E-state index contributed by atoms with van der Waals surface area (Å²) in [5.74, 6) is 0.698. The number of fused-ring (bicyclic) bond motifs is 1. The Morgan fingerprint density at radius 1 is 1.00 bits per heavy atom. The van der Waals surface area contributed by atoms with Crippen LogP contribution in [0.25, 0.3) is 11.0 Å². The number of aromatic amines is 1. The number of aryl methyl sites for hydroxylation is 1. The minimum absolute atomic E-state index is 0.312. The molecule has 0 saturated heterocycles. The van der Waals surface area contributed by atoms with Crippen molar-refractivity contribution in [1.82, 2.24) is 9.97 Å². The fourth-order valence-electron chi connectivity index (χ4n) is 3.21. The van der Waals surface area contributed by atoms with E-state index in [1.54, 1.807) is 6.07 Å². The second-order valence-corrected chi connectivity index (χ2v) is 6.84. The van der Waals surface area contributed by atoms with Crippen LogP contribution in [-0.2, 0) is 11.2 Å². The molecule has 1 aromatic heterocycles. The highest BCUT2D eigenvalue weighted by Gasteiger charge is 2.08. The number of carbonyl (C=O) groups excluding carboxylic acids is 1. The van der Waals surface area contributed by atoms with Crippen molar-refractivity contribution in [3.05, 3.63) is 29.6 Å². The lowest BCUT2D eigenvalue weighted by Gasteiger charge is -2.01. The molecule has 4 nitrogen and oxygen atoms in total. The van der Waals surface area contributed by atoms with Crippen molar-refractivity contribution in [3.8, 4) is 0 Å². The quantitative estimate of drug-likeness (QED) is 0.390. The number of H-pyrrole nitrogens is 1. The van der Waals surface area contributed by atoms with Crippen LogP contribution in [0.3, 0.4) is 0 Å². The zero-order valence-electron chi connectivity index (χ0n) is 15.8. The molecule has 0 spiro atoms. The molecule has 2 aromatic rings. The van der Waals surface area contributed by atoms with E-state index in [1.165, 1.54) is 71.3 Å². The van der Waals surface area contributed by atoms with Crippen molar-refractivity contribution >= 4 is 17.0 Å². The normalized spacial score (nSPS) is 11.1. The lowest BCUT2D eigenvalue weighted by molar-refractivity contribution is 0.0601. The molecule has 0 atom stereocenters. The van der Waals surface area contributed by atoms with Gasteiger partial charge in [-0.05, 0) is 24.6 Å². The van der Waals surface area contributed by atoms with Crippen LogP contribution < -0.4 is 0 Å². The number of hydrogen-bond donors (Lipinski definition) is 1. The van der Waals surface area contributed by atoms with E-state index in [-0.39, 0.29) is 5.97 Å². The Kier molecular flexibility index (Phi) is 8.50. The predicted molar refractivity (Wildman–Crippen MR) is 103 cm³/mol. The molecule has 0 unspecified atom stereocenters. The van der Waals surface area contributed by atoms with Crippen LogP contribution in [0.15, 0.2) is 18.2 Å². The van der Waals surface area contributed by atoms with Crippen LogP contribution in [-0.4, -0.2) is 23.0 Å². The van der Waals surface area contributed by atoms with Crippen molar-refractivity contribution < 1.29 is 9.53 Å². The second-order valence-electron chi connectivity index (χ2n) is 6.84. The van der Waals surface area contributed by atoms with E-state index in [0.29, 0.717) is 5.56 Å². The molecule has 25 heavy (non-hydrogen) atoms. The van der Waals surface area contributed by atoms with Crippen LogP contribution in [0, 0.1) is 0 Å². The number of carbonyl (C=O) groups is 1. The number of nitrogens with zero attached hydrogens (tertiary/aromatic N) is 1. The largest absolute Gasteiger partial charge is 0.465 e. The monoisotopic (exact) mass is 344 g/mol. The predicted octanol–water partition coefficient (Wildman–Crippen LogP) is 5.81. The molecule has 0 fully saturated rings. The van der Waals surface area contributed by atoms with E-state index in [1.807, 2.05) is 12.1 Å². The van der Waals surface area contributed by atoms with Gasteiger partial charge in [0.1, 0.15) is 5.82 Å². The van der Waals surface area contributed by atoms with Gasteiger partial charge in [-0.2, -0.15) is 0 Å². The molecular formula is C21H32N2O2. The maximum absolute atomic E-state index is 11.6. The van der Waals surface area contributed by atoms with Gasteiger partial charge in [0.25, 0.3) is 0 Å². The Hall–Kier alpha value is -1.84. The first kappa shape index (κ1) is 19.5. The van der Waals surface area contributed by atoms with Crippen molar-refractivity contribution in [1.29, 1.82) is 0 Å². The Morgan fingerprint density at radius 3 is 2.28 bits per heavy atom. The van der Waals surface area contributed by atoms with Gasteiger partial charge in [-0.3, -0.25) is 0 Å². The highest BCUT2D eigenvalue weighted by molar-refractivity contribution is 5.93. The third-order valence-electron chi connectivity index (χ3n) is 4.72. The lowest BCUT2D eigenvalue weighted by atomic mass is 10.1. The molecule has 138 valence electrons. The summed E-state index contributed by atoms with van der Waals surface area (Å²) in [5, 5.41) is 0. The van der Waals surface area contributed by atoms with Gasteiger partial charge in [0.15, 0.2) is 0 Å². The Bertz CT molecular complexity index is 648. The Balaban J connectivity index is 1.65. The SMILES string of the molecule is CCCCCCCCCCCCc1nc2ccc(C(=O)OC)cc2[nH]1. The van der Waals surface area contributed by atoms with Gasteiger partial charge >= 0.3 is 5.97 Å². The number of hydrogen-bond acceptors (Lipinski definition) is 3. The van der Waals surface area contributed by atoms with Crippen molar-refractivity contribution in [3.63, 3.8) is 0 Å². The molecule has 0 saturated carbocycles. The number of unbranched alkanes of at least 4 members (excludes halogenated alkanes) is 9. The first-order chi connectivity index (χ1) is 12.2. The lowest BCUT2D eigenvalue weighted by Crippen LogP contribution is -2.00. The fourth-order valence-corrected chi connectivity index (χ4v) is 3.21. The van der Waals surface area contributed by atoms with Crippen LogP contribution in [0.2, 0.25) is 0 Å². The number of methoxy groups -OCH3 is 1. The van der Waals surface area contributed by atoms with Gasteiger partial charge in [-0.1, -0.05) is 64.7 Å². The van der Waals surface area contributed by atoms with Gasteiger partial charge in [0.2, 0.25) is 0 Å². The van der Waals surface area contributed by atoms with Gasteiger partial charge in [0, 0.05) is 6.42 Å². The fraction of sp³-hybridized carbons (Fsp3) is 0.619. The molecule has 0 radical (unpaired) electrons. The van der Waals surface area contributed by atoms with Crippen molar-refractivity contribution in [2.24, 2.45) is 0 Å². The summed E-state index contributed by atoms with van der Waals surface area (Å²) in [7, 11) is 1.40. The third kappa shape index (κ3) is 6.52. The zero-order valence-corrected chi connectivity index (χ0v) is 15.8. The average Bonchev–Trinajstić information content (AvgIpc) is 3.04. The molecule has 1 aromatic carbocycles. The molecule has 4 heteroatoms. The van der Waals surface area contributed by atoms with Crippen LogP contribution in [0.4, 0.5) is 0 Å². The summed E-state index contributed by atoms with van der Waals surface area (Å²) in [4.78, 5) is 19.5. The number of ether oxygens (including phenoxy) is 1. The first-order valence-electron chi connectivity index (χ1n) is 9.81. The minimum Gasteiger partial charge on any atom is -0.465 e. The Labute approximate surface area is 151 Å². The molecule has 0 aliphatic rings. The summed E-state index contributed by atoms with van der Waals surface area (Å²) in [5.41, 5.74) is 2.38. The topological polar surface area (TPSA) is 55.0 Å². The van der Waals surface area contributed by atoms with Crippen LogP contribution in [0.5, 0.6) is 0 Å². The molecular weight excluding hydrogens is 312 g/mol. The zero-order chi connectivity index (χ0) is 17.9. The average molecular weight is 344 g/mol. The Morgan fingerprint density at radius 2 is 1.64 bits per heavy atom. The van der Waals surface area contributed by atoms with Crippen molar-refractivity contribution in [2.45, 2.75) is 77.6 Å². The number of imidazole rings is 1. The van der Waals surface area contributed by atoms with Gasteiger partial charge in [-0.25, -0.2) is 9.78 Å². The molecule has 0 aliphatic carbocycles. The number of aromatic nitrogens is 2. The molecule has 0 aliphatic heterocycles. The maximum Gasteiger partial charge on any atom is 0.337 e. The van der Waals surface area contributed by atoms with Gasteiger partial charge in [0.05, 0.1) is 23.7 Å². The minimum atomic E-state index is -0.312. The molecule has 2 rings (SSSR count). The smallest absolute Gasteiger partial charge is 0.337 e. The molecule has 0 amide bonds. The highest BCUT2D eigenvalue weighted by atomic mass is 16.5. The third-order valence-corrected chi connectivity index (χ3v) is 4.72. The van der Waals surface area contributed by atoms with Crippen LogP contribution in [0.1, 0.15) is 87.3 Å². The van der Waals surface area contributed by atoms with Crippen molar-refractivity contribution in [2.75, 3.05) is 7.11 Å². The van der Waals surface area contributed by atoms with E-state index in [4.69, 9.17) is 4.74 Å². The number of benzene rings is 1. The summed E-state index contributed by atoms with van der Waals surface area (Å²) in [6.45, 7) is 2.26. The maximum atomic E-state index is 11.6. The summed E-state index contributed by atoms with van der Waals surface area (Å²) >= 11 is 0. The van der Waals surface area contributed by atoms with E-state index in [9.17, 15) is 4.79 Å². The molecule has 1 heterocycles. The highest BCUT2D eigenvalue weighted by Crippen LogP contribution is 2.16. The van der Waals surface area contributed by atoms with Gasteiger partial charge in [-0.15, -0.1) is 0 Å². The molecule has 1 N–H and O–H groups in total. The number of rotatable bonds is 12. The van der Waals surface area contributed by atoms with E-state index in [0.717, 1.165) is 23.3 Å². The number of nitrogens with one attached hydrogen (secondary N) is 1. The van der Waals surface area contributed by atoms with Gasteiger partial charge < -0.3 is 9.72 Å². The summed E-state index contributed by atoms with van der Waals surface area (Å²) in [6.07, 6.45) is 14.4. The van der Waals surface area contributed by atoms with E-state index >= 15 is 0 Å². The number of esters is 1. The summed E-state index contributed by atoms with van der Waals surface area (Å²) < 4.78 is 4.76. The first-order valence-corrected chi connectivity index (χ1v) is 9.81. The van der Waals surface area contributed by atoms with E-state index < -0.39 is 0 Å². The van der Waals surface area contributed by atoms with Crippen LogP contribution >= 0.6 is 0 Å². The summed E-state index contributed by atoms with van der Waals surface area (Å²) in [6, 6.07) is 5.45. The standard InChI is InChI=1S/C21H32N2O2/c1-3-4-5-6-7-8-9-10-11-12-13-20-22-18-15-14-17(21(24)25-2)16-19(18)23-20/h14-16H,3-13H2,1-2H3,(H,22,23). The second kappa shape index (κ2) is 10.9. The van der Waals surface area contributed by atoms with E-state index in [2.05, 4.69) is 16.9 Å².